The molecule has 2 rings (SSSR count). The summed E-state index contributed by atoms with van der Waals surface area (Å²) in [7, 11) is 1.50. The first kappa shape index (κ1) is 21.0. The summed E-state index contributed by atoms with van der Waals surface area (Å²) >= 11 is 0. The summed E-state index contributed by atoms with van der Waals surface area (Å²) < 4.78 is 6.06. The van der Waals surface area contributed by atoms with Gasteiger partial charge in [0.25, 0.3) is 0 Å². The van der Waals surface area contributed by atoms with E-state index in [0.29, 0.717) is 24.7 Å². The molecule has 150 valence electrons. The highest BCUT2D eigenvalue weighted by molar-refractivity contribution is 5.91. The molecule has 27 heavy (non-hydrogen) atoms. The van der Waals surface area contributed by atoms with Crippen molar-refractivity contribution in [3.05, 3.63) is 35.0 Å². The fourth-order valence-electron chi connectivity index (χ4n) is 3.15. The van der Waals surface area contributed by atoms with E-state index in [4.69, 9.17) is 10.5 Å². The summed E-state index contributed by atoms with van der Waals surface area (Å²) in [5.74, 6) is 0.895. The molecule has 1 amide bonds. The number of carboxylic acid groups (broad SMARTS) is 1. The number of hydrogen-bond acceptors (Lipinski definition) is 5. The molecule has 7 heteroatoms. The number of nitrogens with two attached hydrogens (primary N) is 1. The molecule has 0 spiro atoms. The van der Waals surface area contributed by atoms with Gasteiger partial charge in [0.1, 0.15) is 0 Å². The predicted molar refractivity (Wildman–Crippen MR) is 104 cm³/mol. The number of ether oxygens (including phenoxy) is 1. The van der Waals surface area contributed by atoms with E-state index >= 15 is 0 Å². The molecule has 0 bridgehead atoms. The maximum atomic E-state index is 12.1. The number of amides is 1. The first-order valence-electron chi connectivity index (χ1n) is 9.37. The Balaban J connectivity index is 2.60. The number of unbranched alkanes of at least 4 members (excludes halogenated alkanes) is 1. The zero-order chi connectivity index (χ0) is 20.4. The number of rotatable bonds is 6. The SMILES string of the molecule is CCCCOC1=C(N(C)C(=O)O)N(CC(C)(C)C)C=C2CC(=O)C(N)C=C21. The van der Waals surface area contributed by atoms with Crippen LogP contribution < -0.4 is 5.73 Å². The highest BCUT2D eigenvalue weighted by Gasteiger charge is 2.36. The van der Waals surface area contributed by atoms with Crippen molar-refractivity contribution in [1.29, 1.82) is 0 Å². The summed E-state index contributed by atoms with van der Waals surface area (Å²) in [6.07, 6.45) is 4.51. The Morgan fingerprint density at radius 3 is 2.67 bits per heavy atom. The number of carbonyl (C=O) groups is 2. The molecule has 1 atom stereocenters. The van der Waals surface area contributed by atoms with Crippen LogP contribution in [0.1, 0.15) is 47.0 Å². The fraction of sp³-hybridized carbons (Fsp3) is 0.600. The Kier molecular flexibility index (Phi) is 6.36. The zero-order valence-electron chi connectivity index (χ0n) is 16.9. The molecule has 0 aromatic carbocycles. The van der Waals surface area contributed by atoms with Gasteiger partial charge in [-0.05, 0) is 23.5 Å². The average Bonchev–Trinajstić information content (AvgIpc) is 2.54. The topological polar surface area (TPSA) is 96.1 Å². The van der Waals surface area contributed by atoms with E-state index in [0.717, 1.165) is 24.0 Å². The number of hydrogen-bond donors (Lipinski definition) is 2. The number of carbonyl (C=O) groups excluding carboxylic acids is 1. The molecule has 0 saturated carbocycles. The lowest BCUT2D eigenvalue weighted by atomic mass is 9.86. The Hall–Kier alpha value is -2.28. The standard InChI is InChI=1S/C20H31N3O4/c1-6-7-8-27-17-14-10-15(21)16(24)9-13(14)11-23(12-20(2,3)4)18(17)22(5)19(25)26/h10-11,15H,6-9,12,21H2,1-5H3,(H,25,26). The van der Waals surface area contributed by atoms with Gasteiger partial charge in [0, 0.05) is 31.8 Å². The van der Waals surface area contributed by atoms with Gasteiger partial charge in [-0.2, -0.15) is 0 Å². The number of nitrogens with zero attached hydrogens (tertiary/aromatic N) is 2. The highest BCUT2D eigenvalue weighted by Crippen LogP contribution is 2.38. The highest BCUT2D eigenvalue weighted by atomic mass is 16.5. The van der Waals surface area contributed by atoms with E-state index in [2.05, 4.69) is 27.7 Å². The molecular weight excluding hydrogens is 346 g/mol. The van der Waals surface area contributed by atoms with Gasteiger partial charge >= 0.3 is 6.09 Å². The molecule has 7 nitrogen and oxygen atoms in total. The van der Waals surface area contributed by atoms with E-state index in [1.165, 1.54) is 11.9 Å². The van der Waals surface area contributed by atoms with Gasteiger partial charge in [-0.25, -0.2) is 4.79 Å². The number of allylic oxidation sites excluding steroid dienone is 1. The predicted octanol–water partition coefficient (Wildman–Crippen LogP) is 3.05. The second kappa shape index (κ2) is 8.17. The molecule has 0 fully saturated rings. The van der Waals surface area contributed by atoms with Crippen LogP contribution in [0.4, 0.5) is 4.79 Å². The average molecular weight is 377 g/mol. The normalized spacial score (nSPS) is 20.1. The lowest BCUT2D eigenvalue weighted by Crippen LogP contribution is -2.42. The van der Waals surface area contributed by atoms with Gasteiger partial charge in [0.05, 0.1) is 12.6 Å². The Morgan fingerprint density at radius 2 is 2.11 bits per heavy atom. The molecule has 0 aromatic heterocycles. The first-order chi connectivity index (χ1) is 12.5. The van der Waals surface area contributed by atoms with Crippen molar-refractivity contribution < 1.29 is 19.4 Å². The van der Waals surface area contributed by atoms with Crippen LogP contribution in [0.25, 0.3) is 0 Å². The van der Waals surface area contributed by atoms with E-state index in [9.17, 15) is 14.7 Å². The molecular formula is C20H31N3O4. The van der Waals surface area contributed by atoms with Crippen LogP contribution in [-0.4, -0.2) is 53.0 Å². The zero-order valence-corrected chi connectivity index (χ0v) is 16.9. The van der Waals surface area contributed by atoms with Crippen LogP contribution in [0.3, 0.4) is 0 Å². The third-order valence-corrected chi connectivity index (χ3v) is 4.45. The van der Waals surface area contributed by atoms with Crippen LogP contribution in [-0.2, 0) is 9.53 Å². The summed E-state index contributed by atoms with van der Waals surface area (Å²) in [4.78, 5) is 26.9. The Labute approximate surface area is 161 Å². The van der Waals surface area contributed by atoms with Crippen molar-refractivity contribution in [2.75, 3.05) is 20.2 Å². The van der Waals surface area contributed by atoms with E-state index < -0.39 is 12.1 Å². The van der Waals surface area contributed by atoms with Gasteiger partial charge < -0.3 is 20.5 Å². The molecule has 0 aromatic rings. The monoisotopic (exact) mass is 377 g/mol. The molecule has 2 aliphatic rings. The van der Waals surface area contributed by atoms with Crippen LogP contribution in [0.5, 0.6) is 0 Å². The molecule has 0 radical (unpaired) electrons. The van der Waals surface area contributed by atoms with E-state index in [-0.39, 0.29) is 17.6 Å². The van der Waals surface area contributed by atoms with Crippen molar-refractivity contribution >= 4 is 11.9 Å². The van der Waals surface area contributed by atoms with Crippen molar-refractivity contribution in [1.82, 2.24) is 9.80 Å². The maximum Gasteiger partial charge on any atom is 0.412 e. The third kappa shape index (κ3) is 4.91. The number of ketones is 1. The van der Waals surface area contributed by atoms with Crippen LogP contribution in [0.2, 0.25) is 0 Å². The second-order valence-corrected chi connectivity index (χ2v) is 8.29. The van der Waals surface area contributed by atoms with Crippen molar-refractivity contribution in [2.24, 2.45) is 11.1 Å². The largest absolute Gasteiger partial charge is 0.489 e. The second-order valence-electron chi connectivity index (χ2n) is 8.29. The Morgan fingerprint density at radius 1 is 1.44 bits per heavy atom. The van der Waals surface area contributed by atoms with Gasteiger partial charge in [0.2, 0.25) is 0 Å². The minimum Gasteiger partial charge on any atom is -0.489 e. The lowest BCUT2D eigenvalue weighted by molar-refractivity contribution is -0.118. The maximum absolute atomic E-state index is 12.1. The molecule has 1 unspecified atom stereocenters. The summed E-state index contributed by atoms with van der Waals surface area (Å²) in [6, 6.07) is -0.701. The lowest BCUT2D eigenvalue weighted by Gasteiger charge is -2.39. The first-order valence-corrected chi connectivity index (χ1v) is 9.37. The van der Waals surface area contributed by atoms with Gasteiger partial charge in [0.15, 0.2) is 17.4 Å². The van der Waals surface area contributed by atoms with Gasteiger partial charge in [-0.15, -0.1) is 0 Å². The molecule has 1 aliphatic carbocycles. The molecule has 1 heterocycles. The summed E-state index contributed by atoms with van der Waals surface area (Å²) in [6.45, 7) is 9.35. The van der Waals surface area contributed by atoms with Gasteiger partial charge in [-0.1, -0.05) is 34.1 Å². The summed E-state index contributed by atoms with van der Waals surface area (Å²) in [5, 5.41) is 9.62. The van der Waals surface area contributed by atoms with Crippen molar-refractivity contribution in [2.45, 2.75) is 53.0 Å². The molecule has 0 saturated heterocycles. The number of Topliss-reactive ketones (excluding diaryl/α,β-unsaturated/α-hetero) is 1. The van der Waals surface area contributed by atoms with Crippen LogP contribution in [0, 0.1) is 5.41 Å². The van der Waals surface area contributed by atoms with Crippen molar-refractivity contribution in [3.8, 4) is 0 Å². The molecule has 1 aliphatic heterocycles. The Bertz CT molecular complexity index is 701. The van der Waals surface area contributed by atoms with Crippen molar-refractivity contribution in [3.63, 3.8) is 0 Å². The smallest absolute Gasteiger partial charge is 0.412 e. The quantitative estimate of drug-likeness (QED) is 0.691. The number of fused-ring (bicyclic) bond motifs is 1. The van der Waals surface area contributed by atoms with Crippen LogP contribution in [0.15, 0.2) is 35.0 Å². The van der Waals surface area contributed by atoms with Crippen LogP contribution >= 0.6 is 0 Å². The summed E-state index contributed by atoms with van der Waals surface area (Å²) in [5.41, 5.74) is 7.40. The minimum atomic E-state index is -1.07. The minimum absolute atomic E-state index is 0.0522. The fourth-order valence-corrected chi connectivity index (χ4v) is 3.15. The molecule has 3 N–H and O–H groups in total. The van der Waals surface area contributed by atoms with E-state index in [1.54, 1.807) is 6.08 Å². The third-order valence-electron chi connectivity index (χ3n) is 4.45. The van der Waals surface area contributed by atoms with E-state index in [1.807, 2.05) is 11.1 Å². The van der Waals surface area contributed by atoms with Gasteiger partial charge in [-0.3, -0.25) is 9.69 Å².